The fourth-order valence-electron chi connectivity index (χ4n) is 8.64. The fraction of sp³-hybridized carbons (Fsp3) is 0.232. The minimum Gasteiger partial charge on any atom is -0.507 e. The molecule has 61 heavy (non-hydrogen) atoms. The number of nitrogens with zero attached hydrogens (tertiary/aromatic N) is 4. The van der Waals surface area contributed by atoms with Crippen LogP contribution in [-0.4, -0.2) is 24.6 Å². The average Bonchev–Trinajstić information content (AvgIpc) is 3.62. The van der Waals surface area contributed by atoms with Gasteiger partial charge in [-0.05, 0) is 105 Å². The van der Waals surface area contributed by atoms with Crippen molar-refractivity contribution in [3.8, 4) is 56.3 Å². The molecular weight excluding hydrogens is 745 g/mol. The Morgan fingerprint density at radius 3 is 1.87 bits per heavy atom. The van der Waals surface area contributed by atoms with Crippen LogP contribution in [0.25, 0.3) is 83.3 Å². The highest BCUT2D eigenvalue weighted by atomic mass is 16.3. The van der Waals surface area contributed by atoms with E-state index in [1.54, 1.807) is 0 Å². The molecule has 0 aliphatic heterocycles. The Labute approximate surface area is 359 Å². The summed E-state index contributed by atoms with van der Waals surface area (Å²) in [5.41, 5.74) is 14.3. The molecule has 5 heteroatoms. The van der Waals surface area contributed by atoms with Crippen LogP contribution in [0.4, 0.5) is 0 Å². The highest BCUT2D eigenvalue weighted by Crippen LogP contribution is 2.46. The van der Waals surface area contributed by atoms with Gasteiger partial charge in [0.15, 0.2) is 0 Å². The number of benzene rings is 6. The quantitative estimate of drug-likeness (QED) is 0.176. The number of hydrogen-bond acceptors (Lipinski definition) is 4. The van der Waals surface area contributed by atoms with Gasteiger partial charge in [-0.3, -0.25) is 14.5 Å². The van der Waals surface area contributed by atoms with Gasteiger partial charge in [-0.15, -0.1) is 0 Å². The molecular formula is C56H54N4O. The molecule has 304 valence electrons. The standard InChI is InChI=1S/C56H54N4O/c1-34-41-23-21-38(47-30-37(27-28-57-47)35-17-13-11-14-18-35)29-43(41)50-46(58-34)24-26-49-51(50)59-53(44-32-40(55(5,6)7)33-45(52(44)61)56(8,9)10)60(49)48-25-22-39(54(2,3)4)31-42(48)36-19-15-12-16-20-36/h11-33,61H,1-10H3. The van der Waals surface area contributed by atoms with E-state index in [9.17, 15) is 5.11 Å². The van der Waals surface area contributed by atoms with Gasteiger partial charge < -0.3 is 5.11 Å². The van der Waals surface area contributed by atoms with Gasteiger partial charge in [0.05, 0.1) is 33.5 Å². The fourth-order valence-corrected chi connectivity index (χ4v) is 8.64. The third-order valence-corrected chi connectivity index (χ3v) is 12.1. The van der Waals surface area contributed by atoms with Gasteiger partial charge in [0.2, 0.25) is 0 Å². The first-order valence-electron chi connectivity index (χ1n) is 21.3. The van der Waals surface area contributed by atoms with Crippen molar-refractivity contribution >= 4 is 32.7 Å². The van der Waals surface area contributed by atoms with Crippen molar-refractivity contribution in [3.63, 3.8) is 0 Å². The molecule has 0 amide bonds. The summed E-state index contributed by atoms with van der Waals surface area (Å²) in [5.74, 6) is 0.929. The first-order valence-corrected chi connectivity index (χ1v) is 21.3. The predicted molar refractivity (Wildman–Crippen MR) is 256 cm³/mol. The average molecular weight is 799 g/mol. The zero-order valence-electron chi connectivity index (χ0n) is 37.0. The van der Waals surface area contributed by atoms with E-state index in [1.807, 2.05) is 12.3 Å². The number of hydrogen-bond donors (Lipinski definition) is 1. The van der Waals surface area contributed by atoms with Crippen LogP contribution in [0.15, 0.2) is 140 Å². The largest absolute Gasteiger partial charge is 0.507 e. The van der Waals surface area contributed by atoms with Crippen molar-refractivity contribution in [1.29, 1.82) is 0 Å². The molecule has 0 bridgehead atoms. The van der Waals surface area contributed by atoms with Crippen molar-refractivity contribution in [2.45, 2.75) is 85.5 Å². The third-order valence-electron chi connectivity index (χ3n) is 12.1. The van der Waals surface area contributed by atoms with Crippen molar-refractivity contribution in [3.05, 3.63) is 162 Å². The molecule has 0 saturated carbocycles. The first kappa shape index (κ1) is 39.8. The summed E-state index contributed by atoms with van der Waals surface area (Å²) in [6.07, 6.45) is 1.89. The molecule has 0 saturated heterocycles. The van der Waals surface area contributed by atoms with Gasteiger partial charge in [-0.2, -0.15) is 0 Å². The van der Waals surface area contributed by atoms with Crippen molar-refractivity contribution in [1.82, 2.24) is 19.5 Å². The topological polar surface area (TPSA) is 63.8 Å². The zero-order chi connectivity index (χ0) is 43.0. The minimum atomic E-state index is -0.326. The molecule has 9 rings (SSSR count). The van der Waals surface area contributed by atoms with Gasteiger partial charge in [0, 0.05) is 39.4 Å². The van der Waals surface area contributed by atoms with Gasteiger partial charge in [-0.1, -0.05) is 147 Å². The van der Waals surface area contributed by atoms with Crippen LogP contribution >= 0.6 is 0 Å². The molecule has 0 atom stereocenters. The van der Waals surface area contributed by atoms with Gasteiger partial charge in [0.1, 0.15) is 11.6 Å². The number of phenolic OH excluding ortho intramolecular Hbond substituents is 1. The van der Waals surface area contributed by atoms with E-state index in [2.05, 4.69) is 201 Å². The number of aromatic hydroxyl groups is 1. The molecule has 1 N–H and O–H groups in total. The minimum absolute atomic E-state index is 0.0748. The monoisotopic (exact) mass is 798 g/mol. The van der Waals surface area contributed by atoms with Gasteiger partial charge in [-0.25, -0.2) is 4.98 Å². The SMILES string of the molecule is Cc1nc2ccc3c(nc(-c4cc(C(C)(C)C)cc(C(C)(C)C)c4O)n3-c3ccc(C(C)(C)C)cc3-c3ccccc3)c2c2cc(-c3cc(-c4ccccc4)ccn3)ccc12. The molecule has 0 aliphatic carbocycles. The number of pyridine rings is 2. The van der Waals surface area contributed by atoms with Crippen molar-refractivity contribution in [2.75, 3.05) is 0 Å². The summed E-state index contributed by atoms with van der Waals surface area (Å²) < 4.78 is 2.28. The molecule has 3 heterocycles. The number of imidazole rings is 1. The second-order valence-corrected chi connectivity index (χ2v) is 19.6. The van der Waals surface area contributed by atoms with Crippen LogP contribution in [0.5, 0.6) is 5.75 Å². The Balaban J connectivity index is 1.41. The Bertz CT molecular complexity index is 3140. The van der Waals surface area contributed by atoms with Crippen LogP contribution in [0.1, 0.15) is 84.7 Å². The second-order valence-electron chi connectivity index (χ2n) is 19.6. The smallest absolute Gasteiger partial charge is 0.149 e. The molecule has 0 fully saturated rings. The maximum Gasteiger partial charge on any atom is 0.149 e. The second kappa shape index (κ2) is 14.6. The van der Waals surface area contributed by atoms with Crippen LogP contribution in [-0.2, 0) is 16.2 Å². The molecule has 0 spiro atoms. The summed E-state index contributed by atoms with van der Waals surface area (Å²) in [7, 11) is 0. The molecule has 6 aromatic carbocycles. The molecule has 0 radical (unpaired) electrons. The van der Waals surface area contributed by atoms with E-state index < -0.39 is 0 Å². The van der Waals surface area contributed by atoms with E-state index in [4.69, 9.17) is 15.0 Å². The normalized spacial score (nSPS) is 12.5. The van der Waals surface area contributed by atoms with Crippen molar-refractivity contribution in [2.24, 2.45) is 0 Å². The number of rotatable bonds is 5. The Hall–Kier alpha value is -6.59. The summed E-state index contributed by atoms with van der Waals surface area (Å²) >= 11 is 0. The van der Waals surface area contributed by atoms with Gasteiger partial charge >= 0.3 is 0 Å². The summed E-state index contributed by atoms with van der Waals surface area (Å²) in [6.45, 7) is 22.0. The summed E-state index contributed by atoms with van der Waals surface area (Å²) in [4.78, 5) is 15.7. The highest BCUT2D eigenvalue weighted by molar-refractivity contribution is 6.19. The number of aromatic nitrogens is 4. The first-order chi connectivity index (χ1) is 29.0. The van der Waals surface area contributed by atoms with E-state index in [0.29, 0.717) is 11.4 Å². The number of aryl methyl sites for hydroxylation is 1. The van der Waals surface area contributed by atoms with E-state index in [1.165, 1.54) is 5.56 Å². The lowest BCUT2D eigenvalue weighted by molar-refractivity contribution is 0.446. The van der Waals surface area contributed by atoms with Crippen LogP contribution in [0.3, 0.4) is 0 Å². The van der Waals surface area contributed by atoms with Crippen LogP contribution in [0, 0.1) is 6.92 Å². The number of phenols is 1. The summed E-state index contributed by atoms with van der Waals surface area (Å²) in [5, 5.41) is 15.6. The Morgan fingerprint density at radius 1 is 0.525 bits per heavy atom. The lowest BCUT2D eigenvalue weighted by Gasteiger charge is -2.28. The van der Waals surface area contributed by atoms with E-state index in [-0.39, 0.29) is 22.0 Å². The molecule has 3 aromatic heterocycles. The molecule has 0 unspecified atom stereocenters. The van der Waals surface area contributed by atoms with Crippen LogP contribution in [0.2, 0.25) is 0 Å². The van der Waals surface area contributed by atoms with Gasteiger partial charge in [0.25, 0.3) is 0 Å². The molecule has 5 nitrogen and oxygen atoms in total. The number of fused-ring (bicyclic) bond motifs is 5. The lowest BCUT2D eigenvalue weighted by atomic mass is 9.79. The zero-order valence-corrected chi connectivity index (χ0v) is 37.0. The third kappa shape index (κ3) is 7.16. The Kier molecular flexibility index (Phi) is 9.51. The van der Waals surface area contributed by atoms with E-state index in [0.717, 1.165) is 88.7 Å². The van der Waals surface area contributed by atoms with Crippen LogP contribution < -0.4 is 0 Å². The molecule has 0 aliphatic rings. The maximum atomic E-state index is 12.5. The van der Waals surface area contributed by atoms with Crippen molar-refractivity contribution < 1.29 is 5.11 Å². The lowest BCUT2D eigenvalue weighted by Crippen LogP contribution is -2.17. The van der Waals surface area contributed by atoms with E-state index >= 15 is 0 Å². The summed E-state index contributed by atoms with van der Waals surface area (Å²) in [6, 6.07) is 47.3. The molecule has 9 aromatic rings. The Morgan fingerprint density at radius 2 is 1.20 bits per heavy atom. The maximum absolute atomic E-state index is 12.5. The predicted octanol–water partition coefficient (Wildman–Crippen LogP) is 14.7. The highest BCUT2D eigenvalue weighted by Gasteiger charge is 2.30.